The number of urea groups is 1. The summed E-state index contributed by atoms with van der Waals surface area (Å²) in [5, 5.41) is 15.8. The number of carbonyl (C=O) groups excluding carboxylic acids is 3. The van der Waals surface area contributed by atoms with E-state index in [2.05, 4.69) is 5.32 Å². The topological polar surface area (TPSA) is 144 Å². The van der Waals surface area contributed by atoms with Gasteiger partial charge in [-0.15, -0.1) is 11.3 Å². The number of benzene rings is 1. The highest BCUT2D eigenvalue weighted by molar-refractivity contribution is 7.17. The molecule has 1 aliphatic rings. The predicted molar refractivity (Wildman–Crippen MR) is 104 cm³/mol. The van der Waals surface area contributed by atoms with Gasteiger partial charge in [0.05, 0.1) is 10.5 Å². The number of aryl methyl sites for hydroxylation is 1. The summed E-state index contributed by atoms with van der Waals surface area (Å²) in [6.07, 6.45) is 5.05. The van der Waals surface area contributed by atoms with Gasteiger partial charge in [0.1, 0.15) is 5.00 Å². The molecule has 0 aliphatic heterocycles. The van der Waals surface area contributed by atoms with Crippen LogP contribution in [0.3, 0.4) is 0 Å². The molecule has 4 amide bonds. The zero-order valence-electron chi connectivity index (χ0n) is 14.6. The Kier molecular flexibility index (Phi) is 5.50. The summed E-state index contributed by atoms with van der Waals surface area (Å²) >= 11 is 1.29. The second-order valence-corrected chi connectivity index (χ2v) is 7.16. The molecule has 3 rings (SSSR count). The van der Waals surface area contributed by atoms with Crippen LogP contribution in [0.15, 0.2) is 30.3 Å². The van der Waals surface area contributed by atoms with Crippen molar-refractivity contribution in [2.24, 2.45) is 5.73 Å². The van der Waals surface area contributed by atoms with Gasteiger partial charge in [-0.1, -0.05) is 12.1 Å². The predicted octanol–water partition coefficient (Wildman–Crippen LogP) is 2.61. The number of anilines is 1. The van der Waals surface area contributed by atoms with Crippen LogP contribution < -0.4 is 16.4 Å². The summed E-state index contributed by atoms with van der Waals surface area (Å²) in [5.41, 5.74) is 6.52. The molecule has 2 aromatic rings. The Balaban J connectivity index is 1.79. The lowest BCUT2D eigenvalue weighted by Gasteiger charge is -2.06. The minimum atomic E-state index is -0.967. The van der Waals surface area contributed by atoms with E-state index in [-0.39, 0.29) is 11.3 Å². The van der Waals surface area contributed by atoms with Crippen molar-refractivity contribution in [3.8, 4) is 0 Å². The Morgan fingerprint density at radius 3 is 2.75 bits per heavy atom. The Bertz CT molecular complexity index is 1010. The fraction of sp³-hybridized carbons (Fsp3) is 0.167. The molecule has 0 atom stereocenters. The van der Waals surface area contributed by atoms with Crippen molar-refractivity contribution < 1.29 is 19.3 Å². The second-order valence-electron chi connectivity index (χ2n) is 6.05. The number of primary amides is 1. The van der Waals surface area contributed by atoms with Gasteiger partial charge in [-0.2, -0.15) is 0 Å². The van der Waals surface area contributed by atoms with Gasteiger partial charge < -0.3 is 11.1 Å². The van der Waals surface area contributed by atoms with Gasteiger partial charge in [0.25, 0.3) is 11.6 Å². The van der Waals surface area contributed by atoms with Crippen molar-refractivity contribution in [1.29, 1.82) is 0 Å². The summed E-state index contributed by atoms with van der Waals surface area (Å²) in [7, 11) is 0. The van der Waals surface area contributed by atoms with Crippen LogP contribution in [-0.2, 0) is 17.6 Å². The standard InChI is InChI=1S/C18H16N4O5S/c19-18(25)21-16(24)15-12-5-2-6-13(12)28-17(15)20-14(23)8-7-10-3-1-4-11(9-10)22(26)27/h1,3-4,7-9H,2,5-6H2,(H,20,23)(H3,19,21,24,25)/b8-7+. The number of nitrogens with one attached hydrogen (secondary N) is 2. The number of hydrogen-bond acceptors (Lipinski definition) is 6. The fourth-order valence-electron chi connectivity index (χ4n) is 2.97. The number of carbonyl (C=O) groups is 3. The SMILES string of the molecule is NC(=O)NC(=O)c1c(NC(=O)/C=C/c2cccc([N+](=O)[O-])c2)sc2c1CCC2. The van der Waals surface area contributed by atoms with Crippen LogP contribution in [0.4, 0.5) is 15.5 Å². The van der Waals surface area contributed by atoms with E-state index in [1.54, 1.807) is 6.07 Å². The third kappa shape index (κ3) is 4.23. The highest BCUT2D eigenvalue weighted by atomic mass is 32.1. The van der Waals surface area contributed by atoms with Crippen molar-refractivity contribution in [2.75, 3.05) is 5.32 Å². The van der Waals surface area contributed by atoms with E-state index in [1.807, 2.05) is 5.32 Å². The van der Waals surface area contributed by atoms with Gasteiger partial charge >= 0.3 is 6.03 Å². The molecule has 0 spiro atoms. The van der Waals surface area contributed by atoms with Gasteiger partial charge in [-0.3, -0.25) is 25.0 Å². The number of non-ortho nitro benzene ring substituents is 1. The summed E-state index contributed by atoms with van der Waals surface area (Å²) in [4.78, 5) is 46.9. The Morgan fingerprint density at radius 2 is 2.04 bits per heavy atom. The minimum Gasteiger partial charge on any atom is -0.351 e. The molecule has 1 aromatic heterocycles. The molecule has 1 aliphatic carbocycles. The maximum Gasteiger partial charge on any atom is 0.319 e. The number of nitro groups is 1. The lowest BCUT2D eigenvalue weighted by molar-refractivity contribution is -0.384. The number of amides is 4. The molecule has 1 heterocycles. The number of hydrogen-bond donors (Lipinski definition) is 3. The van der Waals surface area contributed by atoms with E-state index in [9.17, 15) is 24.5 Å². The first-order valence-corrected chi connectivity index (χ1v) is 9.15. The van der Waals surface area contributed by atoms with Crippen molar-refractivity contribution in [3.63, 3.8) is 0 Å². The highest BCUT2D eigenvalue weighted by Gasteiger charge is 2.27. The van der Waals surface area contributed by atoms with Gasteiger partial charge in [0.15, 0.2) is 0 Å². The molecular formula is C18H16N4O5S. The summed E-state index contributed by atoms with van der Waals surface area (Å²) in [5.74, 6) is -1.15. The number of nitro benzene ring substituents is 1. The fourth-order valence-corrected chi connectivity index (χ4v) is 4.26. The van der Waals surface area contributed by atoms with Gasteiger partial charge in [-0.05, 0) is 36.5 Å². The summed E-state index contributed by atoms with van der Waals surface area (Å²) in [6.45, 7) is 0. The highest BCUT2D eigenvalue weighted by Crippen LogP contribution is 2.39. The smallest absolute Gasteiger partial charge is 0.319 e. The third-order valence-electron chi connectivity index (χ3n) is 4.13. The van der Waals surface area contributed by atoms with Crippen LogP contribution in [0.5, 0.6) is 0 Å². The van der Waals surface area contributed by atoms with Crippen molar-refractivity contribution in [3.05, 3.63) is 62.0 Å². The molecule has 4 N–H and O–H groups in total. The molecule has 0 radical (unpaired) electrons. The molecule has 0 saturated carbocycles. The second kappa shape index (κ2) is 8.01. The number of rotatable bonds is 5. The number of nitrogens with two attached hydrogens (primary N) is 1. The van der Waals surface area contributed by atoms with Crippen LogP contribution in [-0.4, -0.2) is 22.8 Å². The molecule has 144 valence electrons. The zero-order chi connectivity index (χ0) is 20.3. The summed E-state index contributed by atoms with van der Waals surface area (Å²) in [6, 6.07) is 4.88. The molecule has 28 heavy (non-hydrogen) atoms. The first-order valence-electron chi connectivity index (χ1n) is 8.34. The van der Waals surface area contributed by atoms with E-state index in [0.29, 0.717) is 17.0 Å². The molecule has 9 nitrogen and oxygen atoms in total. The number of imide groups is 1. The monoisotopic (exact) mass is 400 g/mol. The van der Waals surface area contributed by atoms with E-state index in [1.165, 1.54) is 41.7 Å². The minimum absolute atomic E-state index is 0.0809. The van der Waals surface area contributed by atoms with Crippen molar-refractivity contribution in [1.82, 2.24) is 5.32 Å². The first kappa shape index (κ1) is 19.2. The van der Waals surface area contributed by atoms with E-state index in [0.717, 1.165) is 23.3 Å². The van der Waals surface area contributed by atoms with Crippen molar-refractivity contribution in [2.45, 2.75) is 19.3 Å². The van der Waals surface area contributed by atoms with Crippen LogP contribution in [0, 0.1) is 10.1 Å². The molecule has 0 bridgehead atoms. The number of nitrogens with zero attached hydrogens (tertiary/aromatic N) is 1. The maximum atomic E-state index is 12.3. The zero-order valence-corrected chi connectivity index (χ0v) is 15.4. The van der Waals surface area contributed by atoms with Gasteiger partial charge in [0.2, 0.25) is 5.91 Å². The normalized spacial score (nSPS) is 12.6. The third-order valence-corrected chi connectivity index (χ3v) is 5.34. The Labute approximate surface area is 163 Å². The molecule has 1 aromatic carbocycles. The summed E-state index contributed by atoms with van der Waals surface area (Å²) < 4.78 is 0. The van der Waals surface area contributed by atoms with Gasteiger partial charge in [0, 0.05) is 23.1 Å². The molecule has 10 heteroatoms. The molecule has 0 unspecified atom stereocenters. The largest absolute Gasteiger partial charge is 0.351 e. The number of thiophene rings is 1. The van der Waals surface area contributed by atoms with Gasteiger partial charge in [-0.25, -0.2) is 4.79 Å². The van der Waals surface area contributed by atoms with Crippen LogP contribution in [0.1, 0.15) is 32.8 Å². The lowest BCUT2D eigenvalue weighted by Crippen LogP contribution is -2.35. The number of fused-ring (bicyclic) bond motifs is 1. The quantitative estimate of drug-likeness (QED) is 0.401. The van der Waals surface area contributed by atoms with E-state index in [4.69, 9.17) is 5.73 Å². The average molecular weight is 400 g/mol. The van der Waals surface area contributed by atoms with E-state index < -0.39 is 22.8 Å². The van der Waals surface area contributed by atoms with Crippen LogP contribution in [0.25, 0.3) is 6.08 Å². The van der Waals surface area contributed by atoms with Crippen molar-refractivity contribution >= 4 is 45.9 Å². The molecule has 0 fully saturated rings. The Morgan fingerprint density at radius 1 is 1.25 bits per heavy atom. The Hall–Kier alpha value is -3.53. The average Bonchev–Trinajstić information content (AvgIpc) is 3.20. The lowest BCUT2D eigenvalue weighted by atomic mass is 10.1. The van der Waals surface area contributed by atoms with E-state index >= 15 is 0 Å². The molecular weight excluding hydrogens is 384 g/mol. The maximum absolute atomic E-state index is 12.3. The molecule has 0 saturated heterocycles. The first-order chi connectivity index (χ1) is 13.3. The van der Waals surface area contributed by atoms with Crippen LogP contribution in [0.2, 0.25) is 0 Å². The van der Waals surface area contributed by atoms with Crippen LogP contribution >= 0.6 is 11.3 Å².